The van der Waals surface area contributed by atoms with Crippen molar-refractivity contribution in [2.45, 2.75) is 44.6 Å². The molecule has 8 heteroatoms. The number of carbonyl (C=O) groups is 2. The Kier molecular flexibility index (Phi) is 5.40. The number of hydrogen-bond acceptors (Lipinski definition) is 4. The molecule has 0 unspecified atom stereocenters. The molecule has 29 heavy (non-hydrogen) atoms. The van der Waals surface area contributed by atoms with E-state index in [0.29, 0.717) is 24.2 Å². The molecule has 2 aromatic rings. The number of benzene rings is 2. The third-order valence-corrected chi connectivity index (χ3v) is 5.88. The third-order valence-electron chi connectivity index (χ3n) is 4.50. The van der Waals surface area contributed by atoms with Gasteiger partial charge in [-0.05, 0) is 69.2 Å². The number of carbonyl (C=O) groups excluding carboxylic acids is 2. The quantitative estimate of drug-likeness (QED) is 0.803. The van der Waals surface area contributed by atoms with E-state index in [1.807, 2.05) is 20.8 Å². The molecule has 0 fully saturated rings. The standard InChI is InChI=1S/C21H25N3O4S/c1-14(25)24-11-10-15-13-18(8-9-19(15)24)29(27,28)23-17-7-5-6-16(12-17)20(26)22-21(2,3)4/h5-9,12-13,23H,10-11H2,1-4H3,(H,22,26). The first-order valence-corrected chi connectivity index (χ1v) is 10.8. The third kappa shape index (κ3) is 4.76. The zero-order chi connectivity index (χ0) is 21.4. The smallest absolute Gasteiger partial charge is 0.261 e. The summed E-state index contributed by atoms with van der Waals surface area (Å²) in [5, 5.41) is 2.85. The number of nitrogens with one attached hydrogen (secondary N) is 2. The molecule has 1 heterocycles. The molecule has 0 spiro atoms. The van der Waals surface area contributed by atoms with Gasteiger partial charge in [0.25, 0.3) is 15.9 Å². The van der Waals surface area contributed by atoms with Crippen LogP contribution in [0, 0.1) is 0 Å². The van der Waals surface area contributed by atoms with Crippen LogP contribution in [0.25, 0.3) is 0 Å². The van der Waals surface area contributed by atoms with Gasteiger partial charge in [-0.25, -0.2) is 8.42 Å². The minimum Gasteiger partial charge on any atom is -0.347 e. The highest BCUT2D eigenvalue weighted by Crippen LogP contribution is 2.30. The summed E-state index contributed by atoms with van der Waals surface area (Å²) in [6.07, 6.45) is 0.612. The number of sulfonamides is 1. The van der Waals surface area contributed by atoms with Crippen LogP contribution >= 0.6 is 0 Å². The molecular weight excluding hydrogens is 390 g/mol. The van der Waals surface area contributed by atoms with Gasteiger partial charge in [0.05, 0.1) is 4.90 Å². The van der Waals surface area contributed by atoms with E-state index >= 15 is 0 Å². The fourth-order valence-electron chi connectivity index (χ4n) is 3.22. The lowest BCUT2D eigenvalue weighted by Crippen LogP contribution is -2.40. The van der Waals surface area contributed by atoms with Crippen LogP contribution in [0.2, 0.25) is 0 Å². The van der Waals surface area contributed by atoms with Crippen molar-refractivity contribution < 1.29 is 18.0 Å². The van der Waals surface area contributed by atoms with Gasteiger partial charge in [0, 0.05) is 35.9 Å². The van der Waals surface area contributed by atoms with Crippen LogP contribution in [0.15, 0.2) is 47.4 Å². The lowest BCUT2D eigenvalue weighted by atomic mass is 10.1. The van der Waals surface area contributed by atoms with E-state index in [1.165, 1.54) is 19.1 Å². The SMILES string of the molecule is CC(=O)N1CCc2cc(S(=O)(=O)Nc3cccc(C(=O)NC(C)(C)C)c3)ccc21. The van der Waals surface area contributed by atoms with Crippen LogP contribution in [0.5, 0.6) is 0 Å². The van der Waals surface area contributed by atoms with Crippen molar-refractivity contribution in [2.75, 3.05) is 16.2 Å². The molecule has 0 aromatic heterocycles. The van der Waals surface area contributed by atoms with Crippen LogP contribution < -0.4 is 14.9 Å². The number of fused-ring (bicyclic) bond motifs is 1. The van der Waals surface area contributed by atoms with E-state index < -0.39 is 15.6 Å². The number of anilines is 2. The Labute approximate surface area is 171 Å². The van der Waals surface area contributed by atoms with Gasteiger partial charge in [-0.3, -0.25) is 14.3 Å². The molecule has 2 N–H and O–H groups in total. The van der Waals surface area contributed by atoms with Gasteiger partial charge in [0.1, 0.15) is 0 Å². The number of rotatable bonds is 4. The first kappa shape index (κ1) is 20.9. The van der Waals surface area contributed by atoms with E-state index in [-0.39, 0.29) is 16.7 Å². The topological polar surface area (TPSA) is 95.6 Å². The zero-order valence-electron chi connectivity index (χ0n) is 16.9. The molecule has 0 saturated carbocycles. The van der Waals surface area contributed by atoms with Crippen molar-refractivity contribution >= 4 is 33.2 Å². The maximum Gasteiger partial charge on any atom is 0.261 e. The molecule has 7 nitrogen and oxygen atoms in total. The van der Waals surface area contributed by atoms with Crippen LogP contribution in [-0.2, 0) is 21.2 Å². The van der Waals surface area contributed by atoms with Gasteiger partial charge < -0.3 is 10.2 Å². The van der Waals surface area contributed by atoms with Crippen LogP contribution in [-0.4, -0.2) is 32.3 Å². The summed E-state index contributed by atoms with van der Waals surface area (Å²) in [4.78, 5) is 25.8. The van der Waals surface area contributed by atoms with E-state index in [9.17, 15) is 18.0 Å². The second kappa shape index (κ2) is 7.51. The summed E-state index contributed by atoms with van der Waals surface area (Å²) >= 11 is 0. The molecule has 2 amide bonds. The summed E-state index contributed by atoms with van der Waals surface area (Å²) in [5.41, 5.74) is 1.84. The predicted molar refractivity (Wildman–Crippen MR) is 113 cm³/mol. The maximum absolute atomic E-state index is 12.8. The molecule has 0 saturated heterocycles. The molecule has 1 aliphatic heterocycles. The van der Waals surface area contributed by atoms with Crippen molar-refractivity contribution in [3.8, 4) is 0 Å². The first-order chi connectivity index (χ1) is 13.5. The van der Waals surface area contributed by atoms with Gasteiger partial charge in [-0.1, -0.05) is 6.07 Å². The predicted octanol–water partition coefficient (Wildman–Crippen LogP) is 2.92. The lowest BCUT2D eigenvalue weighted by Gasteiger charge is -2.20. The van der Waals surface area contributed by atoms with Crippen LogP contribution in [0.3, 0.4) is 0 Å². The van der Waals surface area contributed by atoms with Crippen molar-refractivity contribution in [2.24, 2.45) is 0 Å². The molecule has 1 aliphatic rings. The first-order valence-electron chi connectivity index (χ1n) is 9.33. The average molecular weight is 416 g/mol. The van der Waals surface area contributed by atoms with Crippen molar-refractivity contribution in [1.82, 2.24) is 5.32 Å². The zero-order valence-corrected chi connectivity index (χ0v) is 17.8. The normalized spacial score (nSPS) is 13.7. The molecule has 0 bridgehead atoms. The Balaban J connectivity index is 1.83. The largest absolute Gasteiger partial charge is 0.347 e. The highest BCUT2D eigenvalue weighted by atomic mass is 32.2. The molecule has 3 rings (SSSR count). The van der Waals surface area contributed by atoms with Crippen molar-refractivity contribution in [3.63, 3.8) is 0 Å². The molecule has 2 aromatic carbocycles. The van der Waals surface area contributed by atoms with E-state index in [2.05, 4.69) is 10.0 Å². The minimum absolute atomic E-state index is 0.0668. The Bertz CT molecular complexity index is 1070. The summed E-state index contributed by atoms with van der Waals surface area (Å²) in [6.45, 7) is 7.66. The lowest BCUT2D eigenvalue weighted by molar-refractivity contribution is -0.116. The van der Waals surface area contributed by atoms with Crippen molar-refractivity contribution in [1.29, 1.82) is 0 Å². The van der Waals surface area contributed by atoms with Gasteiger partial charge >= 0.3 is 0 Å². The number of nitrogens with zero attached hydrogens (tertiary/aromatic N) is 1. The Morgan fingerprint density at radius 2 is 1.79 bits per heavy atom. The molecular formula is C21H25N3O4S. The second-order valence-electron chi connectivity index (χ2n) is 8.10. The Morgan fingerprint density at radius 1 is 1.07 bits per heavy atom. The van der Waals surface area contributed by atoms with E-state index in [0.717, 1.165) is 11.3 Å². The maximum atomic E-state index is 12.8. The molecule has 0 aliphatic carbocycles. The van der Waals surface area contributed by atoms with Gasteiger partial charge in [-0.2, -0.15) is 0 Å². The molecule has 0 radical (unpaired) electrons. The fraction of sp³-hybridized carbons (Fsp3) is 0.333. The van der Waals surface area contributed by atoms with Gasteiger partial charge in [-0.15, -0.1) is 0 Å². The molecule has 154 valence electrons. The summed E-state index contributed by atoms with van der Waals surface area (Å²) in [5.74, 6) is -0.344. The van der Waals surface area contributed by atoms with Crippen molar-refractivity contribution in [3.05, 3.63) is 53.6 Å². The fourth-order valence-corrected chi connectivity index (χ4v) is 4.32. The van der Waals surface area contributed by atoms with Crippen LogP contribution in [0.1, 0.15) is 43.6 Å². The minimum atomic E-state index is -3.84. The van der Waals surface area contributed by atoms with E-state index in [4.69, 9.17) is 0 Å². The second-order valence-corrected chi connectivity index (χ2v) is 9.78. The van der Waals surface area contributed by atoms with Crippen LogP contribution in [0.4, 0.5) is 11.4 Å². The summed E-state index contributed by atoms with van der Waals surface area (Å²) in [6, 6.07) is 11.1. The van der Waals surface area contributed by atoms with Gasteiger partial charge in [0.15, 0.2) is 0 Å². The monoisotopic (exact) mass is 415 g/mol. The number of hydrogen-bond donors (Lipinski definition) is 2. The molecule has 0 atom stereocenters. The Hall–Kier alpha value is -2.87. The summed E-state index contributed by atoms with van der Waals surface area (Å²) in [7, 11) is -3.84. The van der Waals surface area contributed by atoms with E-state index in [1.54, 1.807) is 35.2 Å². The Morgan fingerprint density at radius 3 is 2.45 bits per heavy atom. The summed E-state index contributed by atoms with van der Waals surface area (Å²) < 4.78 is 28.2. The number of amides is 2. The average Bonchev–Trinajstić information content (AvgIpc) is 3.03. The highest BCUT2D eigenvalue weighted by molar-refractivity contribution is 7.92. The van der Waals surface area contributed by atoms with Gasteiger partial charge in [0.2, 0.25) is 5.91 Å². The highest BCUT2D eigenvalue weighted by Gasteiger charge is 2.25.